The third kappa shape index (κ3) is 5.18. The Kier molecular flexibility index (Phi) is 6.41. The van der Waals surface area contributed by atoms with Gasteiger partial charge in [0.15, 0.2) is 0 Å². The maximum atomic E-state index is 12.3. The fraction of sp³-hybridized carbons (Fsp3) is 0.450. The highest BCUT2D eigenvalue weighted by molar-refractivity contribution is 5.95. The summed E-state index contributed by atoms with van der Waals surface area (Å²) in [7, 11) is 0. The van der Waals surface area contributed by atoms with Gasteiger partial charge in [0.05, 0.1) is 12.2 Å². The van der Waals surface area contributed by atoms with Gasteiger partial charge in [0, 0.05) is 37.0 Å². The minimum Gasteiger partial charge on any atom is -0.462 e. The first-order valence-corrected chi connectivity index (χ1v) is 9.28. The van der Waals surface area contributed by atoms with Gasteiger partial charge in [0.1, 0.15) is 0 Å². The van der Waals surface area contributed by atoms with Crippen LogP contribution < -0.4 is 5.32 Å². The Morgan fingerprint density at radius 1 is 1.19 bits per heavy atom. The number of anilines is 1. The van der Waals surface area contributed by atoms with Crippen molar-refractivity contribution in [1.29, 1.82) is 0 Å². The van der Waals surface area contributed by atoms with Crippen LogP contribution in [0.3, 0.4) is 0 Å². The second-order valence-electron chi connectivity index (χ2n) is 6.66. The Bertz CT molecular complexity index is 722. The van der Waals surface area contributed by atoms with E-state index in [1.807, 2.05) is 12.3 Å². The second-order valence-corrected chi connectivity index (χ2v) is 6.66. The predicted octanol–water partition coefficient (Wildman–Crippen LogP) is 3.65. The second kappa shape index (κ2) is 9.17. The molecule has 138 valence electrons. The van der Waals surface area contributed by atoms with Gasteiger partial charge in [-0.15, -0.1) is 0 Å². The number of benzene rings is 1. The molecule has 26 heavy (non-hydrogen) atoms. The summed E-state index contributed by atoms with van der Waals surface area (Å²) in [6.45, 7) is 1.04. The van der Waals surface area contributed by atoms with E-state index in [4.69, 9.17) is 4.74 Å². The van der Waals surface area contributed by atoms with E-state index in [9.17, 15) is 9.59 Å². The van der Waals surface area contributed by atoms with Crippen LogP contribution in [-0.2, 0) is 16.1 Å². The molecule has 1 amide bonds. The summed E-state index contributed by atoms with van der Waals surface area (Å²) in [6, 6.07) is 8.80. The van der Waals surface area contributed by atoms with E-state index in [0.717, 1.165) is 25.7 Å². The molecule has 0 radical (unpaired) electrons. The number of rotatable bonds is 7. The maximum absolute atomic E-state index is 12.3. The van der Waals surface area contributed by atoms with Crippen molar-refractivity contribution in [3.63, 3.8) is 0 Å². The molecule has 6 heteroatoms. The summed E-state index contributed by atoms with van der Waals surface area (Å²) in [5, 5.41) is 7.04. The van der Waals surface area contributed by atoms with E-state index in [1.54, 1.807) is 35.1 Å². The average molecular weight is 355 g/mol. The minimum atomic E-state index is -0.376. The van der Waals surface area contributed by atoms with E-state index in [1.165, 1.54) is 6.42 Å². The topological polar surface area (TPSA) is 73.2 Å². The number of carbonyl (C=O) groups excluding carboxylic acids is 2. The number of hydrogen-bond donors (Lipinski definition) is 1. The normalized spacial score (nSPS) is 14.8. The lowest BCUT2D eigenvalue weighted by Crippen LogP contribution is -2.24. The summed E-state index contributed by atoms with van der Waals surface area (Å²) in [5.74, 6) is -0.240. The first-order valence-electron chi connectivity index (χ1n) is 9.28. The molecular weight excluding hydrogens is 330 g/mol. The van der Waals surface area contributed by atoms with Crippen molar-refractivity contribution in [2.24, 2.45) is 5.92 Å². The number of amides is 1. The molecule has 0 bridgehead atoms. The zero-order chi connectivity index (χ0) is 18.2. The Morgan fingerprint density at radius 2 is 2.04 bits per heavy atom. The van der Waals surface area contributed by atoms with Gasteiger partial charge in [0.25, 0.3) is 0 Å². The number of esters is 1. The monoisotopic (exact) mass is 355 g/mol. The van der Waals surface area contributed by atoms with Gasteiger partial charge in [-0.05, 0) is 37.1 Å². The number of ether oxygens (including phenoxy) is 1. The summed E-state index contributed by atoms with van der Waals surface area (Å²) in [6.07, 6.45) is 9.63. The fourth-order valence-corrected chi connectivity index (χ4v) is 3.24. The largest absolute Gasteiger partial charge is 0.462 e. The first kappa shape index (κ1) is 18.2. The van der Waals surface area contributed by atoms with E-state index in [-0.39, 0.29) is 17.8 Å². The van der Waals surface area contributed by atoms with Gasteiger partial charge in [-0.1, -0.05) is 25.3 Å². The van der Waals surface area contributed by atoms with Crippen LogP contribution in [0.1, 0.15) is 48.9 Å². The van der Waals surface area contributed by atoms with E-state index >= 15 is 0 Å². The summed E-state index contributed by atoms with van der Waals surface area (Å²) >= 11 is 0. The molecule has 1 aromatic heterocycles. The van der Waals surface area contributed by atoms with Crippen molar-refractivity contribution in [2.75, 3.05) is 11.9 Å². The smallest absolute Gasteiger partial charge is 0.338 e. The molecule has 0 saturated heterocycles. The Hall–Kier alpha value is -2.63. The molecule has 1 aliphatic carbocycles. The summed E-state index contributed by atoms with van der Waals surface area (Å²) < 4.78 is 7.11. The van der Waals surface area contributed by atoms with Gasteiger partial charge in [-0.25, -0.2) is 4.79 Å². The lowest BCUT2D eigenvalue weighted by Gasteiger charge is -2.20. The van der Waals surface area contributed by atoms with Crippen molar-refractivity contribution < 1.29 is 14.3 Å². The molecule has 0 spiro atoms. The van der Waals surface area contributed by atoms with Gasteiger partial charge in [-0.3, -0.25) is 9.48 Å². The molecule has 2 aromatic rings. The molecule has 0 aliphatic heterocycles. The van der Waals surface area contributed by atoms with Gasteiger partial charge in [-0.2, -0.15) is 5.10 Å². The third-order valence-electron chi connectivity index (χ3n) is 4.67. The zero-order valence-electron chi connectivity index (χ0n) is 14.9. The van der Waals surface area contributed by atoms with Crippen molar-refractivity contribution in [2.45, 2.75) is 45.1 Å². The Labute approximate surface area is 153 Å². The molecule has 1 aliphatic rings. The SMILES string of the molecule is O=C(OCCCn1cccn1)c1cccc(NC(=O)C2CCCCC2)c1. The molecule has 0 unspecified atom stereocenters. The predicted molar refractivity (Wildman–Crippen MR) is 98.8 cm³/mol. The number of aromatic nitrogens is 2. The van der Waals surface area contributed by atoms with Crippen LogP contribution in [-0.4, -0.2) is 28.3 Å². The molecular formula is C20H25N3O3. The lowest BCUT2D eigenvalue weighted by atomic mass is 9.88. The molecule has 1 saturated carbocycles. The third-order valence-corrected chi connectivity index (χ3v) is 4.67. The number of carbonyl (C=O) groups is 2. The Balaban J connectivity index is 1.47. The molecule has 1 N–H and O–H groups in total. The highest BCUT2D eigenvalue weighted by Gasteiger charge is 2.21. The molecule has 1 fully saturated rings. The lowest BCUT2D eigenvalue weighted by molar-refractivity contribution is -0.120. The number of aryl methyl sites for hydroxylation is 1. The molecule has 1 aromatic carbocycles. The van der Waals surface area contributed by atoms with Gasteiger partial charge < -0.3 is 10.1 Å². The van der Waals surface area contributed by atoms with Crippen LogP contribution in [0.4, 0.5) is 5.69 Å². The molecule has 3 rings (SSSR count). The van der Waals surface area contributed by atoms with Crippen LogP contribution in [0.2, 0.25) is 0 Å². The van der Waals surface area contributed by atoms with Crippen LogP contribution in [0.25, 0.3) is 0 Å². The van der Waals surface area contributed by atoms with Gasteiger partial charge >= 0.3 is 5.97 Å². The van der Waals surface area contributed by atoms with E-state index in [0.29, 0.717) is 30.8 Å². The molecule has 6 nitrogen and oxygen atoms in total. The van der Waals surface area contributed by atoms with Crippen LogP contribution >= 0.6 is 0 Å². The zero-order valence-corrected chi connectivity index (χ0v) is 14.9. The van der Waals surface area contributed by atoms with Gasteiger partial charge in [0.2, 0.25) is 5.91 Å². The van der Waals surface area contributed by atoms with Crippen LogP contribution in [0.15, 0.2) is 42.7 Å². The number of nitrogens with one attached hydrogen (secondary N) is 1. The average Bonchev–Trinajstić information content (AvgIpc) is 3.19. The van der Waals surface area contributed by atoms with E-state index < -0.39 is 0 Å². The maximum Gasteiger partial charge on any atom is 0.338 e. The van der Waals surface area contributed by atoms with Crippen LogP contribution in [0.5, 0.6) is 0 Å². The van der Waals surface area contributed by atoms with Crippen molar-refractivity contribution >= 4 is 17.6 Å². The number of hydrogen-bond acceptors (Lipinski definition) is 4. The number of nitrogens with zero attached hydrogens (tertiary/aromatic N) is 2. The van der Waals surface area contributed by atoms with Crippen molar-refractivity contribution in [1.82, 2.24) is 9.78 Å². The van der Waals surface area contributed by atoms with E-state index in [2.05, 4.69) is 10.4 Å². The highest BCUT2D eigenvalue weighted by atomic mass is 16.5. The van der Waals surface area contributed by atoms with Crippen molar-refractivity contribution in [3.05, 3.63) is 48.3 Å². The first-order chi connectivity index (χ1) is 12.7. The summed E-state index contributed by atoms with van der Waals surface area (Å²) in [5.41, 5.74) is 1.09. The summed E-state index contributed by atoms with van der Waals surface area (Å²) in [4.78, 5) is 24.5. The quantitative estimate of drug-likeness (QED) is 0.608. The van der Waals surface area contributed by atoms with Crippen molar-refractivity contribution in [3.8, 4) is 0 Å². The van der Waals surface area contributed by atoms with Crippen LogP contribution in [0, 0.1) is 5.92 Å². The fourth-order valence-electron chi connectivity index (χ4n) is 3.24. The molecule has 1 heterocycles. The molecule has 0 atom stereocenters. The highest BCUT2D eigenvalue weighted by Crippen LogP contribution is 2.25. The Morgan fingerprint density at radius 3 is 2.81 bits per heavy atom. The minimum absolute atomic E-state index is 0.0504. The standard InChI is InChI=1S/C20H25N3O3/c24-19(16-7-2-1-3-8-16)22-18-10-4-9-17(15-18)20(25)26-14-6-13-23-12-5-11-21-23/h4-5,9-12,15-16H,1-3,6-8,13-14H2,(H,22,24).